The van der Waals surface area contributed by atoms with Crippen LogP contribution in [0.25, 0.3) is 11.6 Å². The van der Waals surface area contributed by atoms with E-state index in [0.717, 1.165) is 6.26 Å². The minimum Gasteiger partial charge on any atom is -0.256 e. The largest absolute Gasteiger partial charge is 0.256 e. The average molecular weight is 213 g/mol. The van der Waals surface area contributed by atoms with E-state index >= 15 is 0 Å². The summed E-state index contributed by atoms with van der Waals surface area (Å²) in [5.41, 5.74) is 0. The van der Waals surface area contributed by atoms with Crippen molar-refractivity contribution in [2.45, 2.75) is 5.16 Å². The van der Waals surface area contributed by atoms with Gasteiger partial charge in [0.05, 0.1) is 0 Å². The van der Waals surface area contributed by atoms with Crippen LogP contribution in [0.2, 0.25) is 0 Å². The van der Waals surface area contributed by atoms with Gasteiger partial charge < -0.3 is 0 Å². The summed E-state index contributed by atoms with van der Waals surface area (Å²) in [6.07, 6.45) is 3.31. The zero-order valence-corrected chi connectivity index (χ0v) is 7.83. The zero-order chi connectivity index (χ0) is 10.2. The normalized spacial score (nSPS) is 11.8. The van der Waals surface area contributed by atoms with E-state index in [2.05, 4.69) is 36.7 Å². The lowest BCUT2D eigenvalue weighted by atomic mass is 10.6. The highest BCUT2D eigenvalue weighted by atomic mass is 32.2. The second-order valence-corrected chi connectivity index (χ2v) is 4.45. The molecule has 0 saturated heterocycles. The summed E-state index contributed by atoms with van der Waals surface area (Å²) in [5, 5.41) is 11.7. The van der Waals surface area contributed by atoms with Crippen molar-refractivity contribution in [1.29, 1.82) is 0 Å². The first kappa shape index (κ1) is 8.81. The highest BCUT2D eigenvalue weighted by molar-refractivity contribution is 7.90. The molecule has 2 aromatic rings. The van der Waals surface area contributed by atoms with Crippen molar-refractivity contribution in [2.24, 2.45) is 0 Å². The molecule has 73 valence electrons. The molecule has 0 bridgehead atoms. The van der Waals surface area contributed by atoms with Crippen LogP contribution in [0.1, 0.15) is 0 Å². The number of nitrogens with one attached hydrogen (secondary N) is 2. The minimum absolute atomic E-state index is 0.138. The molecule has 0 saturated carbocycles. The molecular formula is C5H5N6O2S. The highest BCUT2D eigenvalue weighted by Crippen LogP contribution is 2.08. The molecule has 0 amide bonds. The number of nitrogens with zero attached hydrogens (tertiary/aromatic N) is 4. The standard InChI is InChI=1S/C5H5N6O2S/c1-14(12,13)5-8-4(10-11-5)3-6-2-7-9-3/h1H3,(H,6,7,9)(H,8,10,11). The fourth-order valence-electron chi connectivity index (χ4n) is 0.797. The van der Waals surface area contributed by atoms with E-state index in [-0.39, 0.29) is 16.8 Å². The summed E-state index contributed by atoms with van der Waals surface area (Å²) in [4.78, 5) is 7.37. The van der Waals surface area contributed by atoms with Crippen LogP contribution in [0.15, 0.2) is 5.16 Å². The van der Waals surface area contributed by atoms with E-state index in [1.54, 1.807) is 0 Å². The lowest BCUT2D eigenvalue weighted by molar-refractivity contribution is 0.594. The molecule has 0 unspecified atom stereocenters. The van der Waals surface area contributed by atoms with Gasteiger partial charge in [-0.15, -0.1) is 10.2 Å². The lowest BCUT2D eigenvalue weighted by Gasteiger charge is -1.86. The van der Waals surface area contributed by atoms with Crippen LogP contribution in [-0.4, -0.2) is 45.0 Å². The Morgan fingerprint density at radius 2 is 2.14 bits per heavy atom. The average Bonchev–Trinajstić information content (AvgIpc) is 2.73. The number of aromatic nitrogens is 6. The van der Waals surface area contributed by atoms with Crippen molar-refractivity contribution >= 4 is 9.84 Å². The first-order valence-electron chi connectivity index (χ1n) is 3.48. The Bertz CT molecular complexity index is 526. The summed E-state index contributed by atoms with van der Waals surface area (Å²) in [6, 6.07) is 0. The molecule has 0 atom stereocenters. The molecule has 0 aliphatic carbocycles. The van der Waals surface area contributed by atoms with E-state index in [9.17, 15) is 8.42 Å². The van der Waals surface area contributed by atoms with Gasteiger partial charge >= 0.3 is 0 Å². The second kappa shape index (κ2) is 2.87. The summed E-state index contributed by atoms with van der Waals surface area (Å²) in [6.45, 7) is 0. The van der Waals surface area contributed by atoms with Gasteiger partial charge in [-0.3, -0.25) is 5.10 Å². The summed E-state index contributed by atoms with van der Waals surface area (Å²) in [5.74, 6) is 0.398. The van der Waals surface area contributed by atoms with Gasteiger partial charge in [0.2, 0.25) is 27.1 Å². The third kappa shape index (κ3) is 1.48. The Morgan fingerprint density at radius 1 is 1.36 bits per heavy atom. The molecule has 0 spiro atoms. The third-order valence-corrected chi connectivity index (χ3v) is 2.29. The Labute approximate surface area is 78.7 Å². The van der Waals surface area contributed by atoms with E-state index in [1.165, 1.54) is 0 Å². The number of rotatable bonds is 2. The molecule has 0 aliphatic rings. The fourth-order valence-corrected chi connectivity index (χ4v) is 1.26. The first-order valence-corrected chi connectivity index (χ1v) is 5.38. The fraction of sp³-hybridized carbons (Fsp3) is 0.200. The predicted octanol–water partition coefficient (Wildman–Crippen LogP) is -1.21. The van der Waals surface area contributed by atoms with Crippen LogP contribution in [0.4, 0.5) is 0 Å². The maximum Gasteiger partial charge on any atom is 0.243 e. The van der Waals surface area contributed by atoms with Crippen molar-refractivity contribution in [3.05, 3.63) is 6.33 Å². The summed E-state index contributed by atoms with van der Waals surface area (Å²) in [7, 11) is -3.37. The van der Waals surface area contributed by atoms with Crippen molar-refractivity contribution in [2.75, 3.05) is 6.26 Å². The molecule has 14 heavy (non-hydrogen) atoms. The van der Waals surface area contributed by atoms with E-state index in [1.807, 2.05) is 0 Å². The topological polar surface area (TPSA) is 117 Å². The van der Waals surface area contributed by atoms with E-state index in [4.69, 9.17) is 0 Å². The second-order valence-electron chi connectivity index (χ2n) is 2.52. The Morgan fingerprint density at radius 3 is 2.64 bits per heavy atom. The van der Waals surface area contributed by atoms with E-state index in [0.29, 0.717) is 0 Å². The third-order valence-electron chi connectivity index (χ3n) is 1.40. The molecular weight excluding hydrogens is 208 g/mol. The Kier molecular flexibility index (Phi) is 1.81. The maximum atomic E-state index is 11.0. The number of hydrogen-bond acceptors (Lipinski definition) is 6. The van der Waals surface area contributed by atoms with Crippen molar-refractivity contribution in [3.63, 3.8) is 0 Å². The summed E-state index contributed by atoms with van der Waals surface area (Å²) >= 11 is 0. The molecule has 2 aromatic heterocycles. The van der Waals surface area contributed by atoms with E-state index < -0.39 is 9.84 Å². The molecule has 1 radical (unpaired) electrons. The molecule has 9 heteroatoms. The maximum absolute atomic E-state index is 11.0. The number of aromatic amines is 2. The van der Waals surface area contributed by atoms with Crippen LogP contribution in [-0.2, 0) is 9.84 Å². The molecule has 2 heterocycles. The molecule has 8 nitrogen and oxygen atoms in total. The SMILES string of the molecule is CS(=O)(=O)c1nc(-c2n[c]n[nH]2)n[nH]1. The lowest BCUT2D eigenvalue weighted by Crippen LogP contribution is -1.99. The summed E-state index contributed by atoms with van der Waals surface area (Å²) < 4.78 is 22.1. The highest BCUT2D eigenvalue weighted by Gasteiger charge is 2.15. The minimum atomic E-state index is -3.37. The van der Waals surface area contributed by atoms with Gasteiger partial charge in [0.15, 0.2) is 5.82 Å². The van der Waals surface area contributed by atoms with Crippen molar-refractivity contribution in [1.82, 2.24) is 30.4 Å². The van der Waals surface area contributed by atoms with Gasteiger partial charge in [-0.05, 0) is 0 Å². The van der Waals surface area contributed by atoms with Gasteiger partial charge in [0.1, 0.15) is 0 Å². The van der Waals surface area contributed by atoms with Gasteiger partial charge in [-0.1, -0.05) is 0 Å². The van der Waals surface area contributed by atoms with Gasteiger partial charge in [-0.2, -0.15) is 4.98 Å². The quantitative estimate of drug-likeness (QED) is 0.646. The van der Waals surface area contributed by atoms with Crippen molar-refractivity contribution in [3.8, 4) is 11.6 Å². The number of sulfone groups is 1. The molecule has 0 aromatic carbocycles. The smallest absolute Gasteiger partial charge is 0.243 e. The van der Waals surface area contributed by atoms with Crippen LogP contribution in [0, 0.1) is 6.33 Å². The van der Waals surface area contributed by atoms with Crippen molar-refractivity contribution < 1.29 is 8.42 Å². The van der Waals surface area contributed by atoms with Crippen LogP contribution < -0.4 is 0 Å². The molecule has 0 aliphatic heterocycles. The van der Waals surface area contributed by atoms with Gasteiger partial charge in [0.25, 0.3) is 0 Å². The zero-order valence-electron chi connectivity index (χ0n) is 7.01. The Hall–Kier alpha value is -1.77. The monoisotopic (exact) mass is 213 g/mol. The number of hydrogen-bond donors (Lipinski definition) is 2. The molecule has 0 fully saturated rings. The van der Waals surface area contributed by atoms with Crippen LogP contribution in [0.3, 0.4) is 0 Å². The molecule has 2 N–H and O–H groups in total. The number of H-pyrrole nitrogens is 2. The Balaban J connectivity index is 2.46. The van der Waals surface area contributed by atoms with Crippen LogP contribution in [0.5, 0.6) is 0 Å². The van der Waals surface area contributed by atoms with Gasteiger partial charge in [-0.25, -0.2) is 18.5 Å². The predicted molar refractivity (Wildman–Crippen MR) is 43.7 cm³/mol. The van der Waals surface area contributed by atoms with Crippen LogP contribution >= 0.6 is 0 Å². The molecule has 2 rings (SSSR count). The van der Waals surface area contributed by atoms with Gasteiger partial charge in [0, 0.05) is 6.26 Å². The first-order chi connectivity index (χ1) is 6.57.